The molecule has 2 aromatic carbocycles. The molecule has 0 saturated carbocycles. The Hall–Kier alpha value is -2.27. The summed E-state index contributed by atoms with van der Waals surface area (Å²) in [6, 6.07) is 13.9. The van der Waals surface area contributed by atoms with E-state index < -0.39 is 20.0 Å². The number of nitrogens with one attached hydrogen (secondary N) is 3. The third-order valence-corrected chi connectivity index (χ3v) is 6.44. The number of sulfonamides is 2. The summed E-state index contributed by atoms with van der Waals surface area (Å²) in [4.78, 5) is 10.7. The molecular weight excluding hydrogens is 390 g/mol. The molecule has 0 fully saturated rings. The Bertz CT molecular complexity index is 973. The summed E-state index contributed by atoms with van der Waals surface area (Å²) in [6.07, 6.45) is 0. The van der Waals surface area contributed by atoms with E-state index in [1.807, 2.05) is 18.2 Å². The van der Waals surface area contributed by atoms with Gasteiger partial charge < -0.3 is 5.32 Å². The van der Waals surface area contributed by atoms with Crippen LogP contribution in [0.4, 0.5) is 0 Å². The number of rotatable bonds is 9. The van der Waals surface area contributed by atoms with Crippen LogP contribution < -0.4 is 14.8 Å². The molecule has 2 rings (SSSR count). The lowest BCUT2D eigenvalue weighted by molar-refractivity contribution is -0.118. The van der Waals surface area contributed by atoms with Gasteiger partial charge in [0.25, 0.3) is 0 Å². The van der Waals surface area contributed by atoms with E-state index in [2.05, 4.69) is 14.8 Å². The van der Waals surface area contributed by atoms with Gasteiger partial charge in [-0.3, -0.25) is 4.79 Å². The first kappa shape index (κ1) is 21.0. The molecule has 2 aromatic rings. The molecule has 27 heavy (non-hydrogen) atoms. The van der Waals surface area contributed by atoms with Crippen molar-refractivity contribution < 1.29 is 21.6 Å². The first-order valence-electron chi connectivity index (χ1n) is 8.08. The normalized spacial score (nSPS) is 11.9. The van der Waals surface area contributed by atoms with Crippen molar-refractivity contribution in [1.82, 2.24) is 14.8 Å². The van der Waals surface area contributed by atoms with Gasteiger partial charge in [-0.25, -0.2) is 26.3 Å². The van der Waals surface area contributed by atoms with Crippen molar-refractivity contribution in [3.63, 3.8) is 0 Å². The zero-order chi connectivity index (χ0) is 19.9. The van der Waals surface area contributed by atoms with Crippen LogP contribution in [0.25, 0.3) is 0 Å². The van der Waals surface area contributed by atoms with Gasteiger partial charge in [-0.05, 0) is 29.8 Å². The summed E-state index contributed by atoms with van der Waals surface area (Å²) in [6.45, 7) is 1.65. The van der Waals surface area contributed by atoms with Gasteiger partial charge in [0.1, 0.15) is 0 Å². The van der Waals surface area contributed by atoms with Crippen LogP contribution in [0.3, 0.4) is 0 Å². The summed E-state index contributed by atoms with van der Waals surface area (Å²) in [5.41, 5.74) is 0.809. The molecule has 0 heterocycles. The van der Waals surface area contributed by atoms with Crippen LogP contribution in [0.5, 0.6) is 0 Å². The average Bonchev–Trinajstić information content (AvgIpc) is 2.64. The first-order valence-corrected chi connectivity index (χ1v) is 11.0. The third-order valence-electron chi connectivity index (χ3n) is 3.54. The zero-order valence-corrected chi connectivity index (χ0v) is 16.3. The molecule has 0 spiro atoms. The van der Waals surface area contributed by atoms with E-state index in [0.717, 1.165) is 5.56 Å². The fraction of sp³-hybridized carbons (Fsp3) is 0.235. The molecule has 0 aliphatic rings. The Morgan fingerprint density at radius 3 is 1.81 bits per heavy atom. The van der Waals surface area contributed by atoms with Crippen molar-refractivity contribution in [2.24, 2.45) is 0 Å². The van der Waals surface area contributed by atoms with Gasteiger partial charge in [-0.2, -0.15) is 0 Å². The van der Waals surface area contributed by atoms with Gasteiger partial charge >= 0.3 is 0 Å². The average molecular weight is 412 g/mol. The Balaban J connectivity index is 2.01. The summed E-state index contributed by atoms with van der Waals surface area (Å²) < 4.78 is 53.8. The molecule has 8 nitrogen and oxygen atoms in total. The summed E-state index contributed by atoms with van der Waals surface area (Å²) in [5, 5.41) is 2.47. The lowest BCUT2D eigenvalue weighted by atomic mass is 10.2. The van der Waals surface area contributed by atoms with Crippen LogP contribution >= 0.6 is 0 Å². The Kier molecular flexibility index (Phi) is 7.08. The summed E-state index contributed by atoms with van der Waals surface area (Å²) in [7, 11) is -7.56. The molecule has 0 aromatic heterocycles. The quantitative estimate of drug-likeness (QED) is 0.521. The Morgan fingerprint density at radius 2 is 1.30 bits per heavy atom. The van der Waals surface area contributed by atoms with Crippen LogP contribution in [0.2, 0.25) is 0 Å². The minimum Gasteiger partial charge on any atom is -0.355 e. The van der Waals surface area contributed by atoms with Gasteiger partial charge in [-0.15, -0.1) is 0 Å². The number of amides is 1. The van der Waals surface area contributed by atoms with E-state index in [9.17, 15) is 21.6 Å². The second kappa shape index (κ2) is 9.09. The molecule has 146 valence electrons. The number of carbonyl (C=O) groups is 1. The molecule has 0 aliphatic carbocycles. The van der Waals surface area contributed by atoms with Crippen molar-refractivity contribution in [2.45, 2.75) is 23.3 Å². The van der Waals surface area contributed by atoms with Gasteiger partial charge in [-0.1, -0.05) is 30.3 Å². The minimum absolute atomic E-state index is 0.0284. The summed E-state index contributed by atoms with van der Waals surface area (Å²) >= 11 is 0. The number of hydrogen-bond donors (Lipinski definition) is 3. The van der Waals surface area contributed by atoms with Crippen molar-refractivity contribution in [2.75, 3.05) is 13.1 Å². The van der Waals surface area contributed by atoms with Crippen LogP contribution in [0.1, 0.15) is 12.5 Å². The van der Waals surface area contributed by atoms with Gasteiger partial charge in [0.2, 0.25) is 26.0 Å². The number of carbonyl (C=O) groups excluding carboxylic acids is 1. The lowest BCUT2D eigenvalue weighted by Gasteiger charge is -2.09. The second-order valence-corrected chi connectivity index (χ2v) is 9.20. The highest BCUT2D eigenvalue weighted by atomic mass is 32.2. The smallest absolute Gasteiger partial charge is 0.240 e. The Labute approximate surface area is 159 Å². The highest BCUT2D eigenvalue weighted by molar-refractivity contribution is 7.90. The van der Waals surface area contributed by atoms with Crippen LogP contribution in [-0.2, 0) is 31.4 Å². The highest BCUT2D eigenvalue weighted by Gasteiger charge is 2.17. The van der Waals surface area contributed by atoms with Gasteiger partial charge in [0, 0.05) is 26.6 Å². The standard InChI is InChI=1S/C17H21N3O5S2/c1-14(21)18-11-12-19-26(22,23)16-7-9-17(10-8-16)27(24,25)20-13-15-5-3-2-4-6-15/h2-10,19-20H,11-13H2,1H3,(H,18,21). The van der Waals surface area contributed by atoms with Crippen molar-refractivity contribution in [1.29, 1.82) is 0 Å². The minimum atomic E-state index is -3.79. The van der Waals surface area contributed by atoms with Gasteiger partial charge in [0.15, 0.2) is 0 Å². The molecular formula is C17H21N3O5S2. The molecule has 0 radical (unpaired) electrons. The fourth-order valence-corrected chi connectivity index (χ4v) is 4.21. The van der Waals surface area contributed by atoms with E-state index in [1.54, 1.807) is 12.1 Å². The van der Waals surface area contributed by atoms with Gasteiger partial charge in [0.05, 0.1) is 9.79 Å². The van der Waals surface area contributed by atoms with Crippen LogP contribution in [0.15, 0.2) is 64.4 Å². The SMILES string of the molecule is CC(=O)NCCNS(=O)(=O)c1ccc(S(=O)(=O)NCc2ccccc2)cc1. The number of benzene rings is 2. The van der Waals surface area contributed by atoms with E-state index in [-0.39, 0.29) is 35.3 Å². The number of hydrogen-bond acceptors (Lipinski definition) is 5. The van der Waals surface area contributed by atoms with Crippen molar-refractivity contribution in [3.05, 3.63) is 60.2 Å². The Morgan fingerprint density at radius 1 is 0.778 bits per heavy atom. The maximum absolute atomic E-state index is 12.3. The molecule has 0 bridgehead atoms. The van der Waals surface area contributed by atoms with E-state index in [0.29, 0.717) is 0 Å². The largest absolute Gasteiger partial charge is 0.355 e. The lowest BCUT2D eigenvalue weighted by Crippen LogP contribution is -2.33. The molecule has 0 saturated heterocycles. The van der Waals surface area contributed by atoms with E-state index in [4.69, 9.17) is 0 Å². The van der Waals surface area contributed by atoms with E-state index in [1.165, 1.54) is 31.2 Å². The van der Waals surface area contributed by atoms with Crippen LogP contribution in [-0.4, -0.2) is 35.8 Å². The third kappa shape index (κ3) is 6.43. The summed E-state index contributed by atoms with van der Waals surface area (Å²) in [5.74, 6) is -0.258. The second-order valence-electron chi connectivity index (χ2n) is 5.66. The molecule has 0 aliphatic heterocycles. The van der Waals surface area contributed by atoms with Crippen molar-refractivity contribution in [3.8, 4) is 0 Å². The monoisotopic (exact) mass is 411 g/mol. The highest BCUT2D eigenvalue weighted by Crippen LogP contribution is 2.14. The van der Waals surface area contributed by atoms with Crippen LogP contribution in [0, 0.1) is 0 Å². The fourth-order valence-electron chi connectivity index (χ4n) is 2.16. The van der Waals surface area contributed by atoms with Crippen molar-refractivity contribution >= 4 is 26.0 Å². The molecule has 3 N–H and O–H groups in total. The predicted octanol–water partition coefficient (Wildman–Crippen LogP) is 0.580. The molecule has 1 amide bonds. The maximum Gasteiger partial charge on any atom is 0.240 e. The van der Waals surface area contributed by atoms with E-state index >= 15 is 0 Å². The molecule has 0 atom stereocenters. The first-order chi connectivity index (χ1) is 12.7. The maximum atomic E-state index is 12.3. The molecule has 10 heteroatoms. The predicted molar refractivity (Wildman–Crippen MR) is 101 cm³/mol. The molecule has 0 unspecified atom stereocenters. The topological polar surface area (TPSA) is 121 Å². The zero-order valence-electron chi connectivity index (χ0n) is 14.7.